The van der Waals surface area contributed by atoms with Gasteiger partial charge in [0.05, 0.1) is 41.0 Å². The zero-order valence-corrected chi connectivity index (χ0v) is 24.0. The molecular formula is C33H38N2O5. The molecule has 1 aliphatic rings. The molecule has 2 aromatic heterocycles. The molecule has 0 spiro atoms. The molecule has 4 aromatic rings. The van der Waals surface area contributed by atoms with E-state index in [0.29, 0.717) is 40.6 Å². The zero-order valence-electron chi connectivity index (χ0n) is 24.0. The van der Waals surface area contributed by atoms with Crippen molar-refractivity contribution < 1.29 is 23.7 Å². The topological polar surface area (TPSA) is 89.1 Å². The number of rotatable bonds is 8. The molecule has 0 saturated heterocycles. The molecular weight excluding hydrogens is 504 g/mol. The maximum absolute atomic E-state index is 13.4. The van der Waals surface area contributed by atoms with Gasteiger partial charge in [-0.25, -0.2) is 9.78 Å². The summed E-state index contributed by atoms with van der Waals surface area (Å²) in [6.07, 6.45) is 5.21. The molecule has 1 saturated carbocycles. The molecule has 7 heteroatoms. The van der Waals surface area contributed by atoms with Crippen molar-refractivity contribution in [2.75, 3.05) is 6.61 Å². The number of benzene rings is 2. The Hall–Kier alpha value is -3.52. The number of amides is 1. The monoisotopic (exact) mass is 542 g/mol. The number of nitrogens with zero attached hydrogens (tertiary/aromatic N) is 1. The van der Waals surface area contributed by atoms with Gasteiger partial charge in [-0.1, -0.05) is 24.3 Å². The van der Waals surface area contributed by atoms with Crippen LogP contribution in [0.5, 0.6) is 5.75 Å². The molecule has 1 atom stereocenters. The molecule has 0 radical (unpaired) electrons. The highest BCUT2D eigenvalue weighted by atomic mass is 16.5. The molecule has 1 aliphatic carbocycles. The van der Waals surface area contributed by atoms with E-state index in [1.165, 1.54) is 0 Å². The maximum Gasteiger partial charge on any atom is 0.349 e. The number of quaternary nitrogens is 1. The van der Waals surface area contributed by atoms with Gasteiger partial charge in [0.1, 0.15) is 17.0 Å². The molecule has 1 unspecified atom stereocenters. The van der Waals surface area contributed by atoms with E-state index in [4.69, 9.17) is 18.9 Å². The standard InChI is InChI=1S/C33H38N2O5/c1-7-35(37)32(36)25-18-26(31-22(5)24-10-8-9-11-27(24)39-31)34-30-21(4)12-13-28(29(25)30)38-19-23-14-16-33(6,17-15-23)40-20(2)3/h7-13,18,20,23,35H,1,14-17,19H2,2-6H3. The minimum Gasteiger partial charge on any atom is -0.621 e. The average molecular weight is 543 g/mol. The molecule has 1 fully saturated rings. The lowest BCUT2D eigenvalue weighted by Gasteiger charge is -2.38. The molecule has 1 amide bonds. The van der Waals surface area contributed by atoms with E-state index in [2.05, 4.69) is 27.4 Å². The normalized spacial score (nSPS) is 20.2. The number of aryl methyl sites for hydroxylation is 2. The Labute approximate surface area is 235 Å². The highest BCUT2D eigenvalue weighted by Crippen LogP contribution is 2.39. The van der Waals surface area contributed by atoms with Gasteiger partial charge in [-0.05, 0) is 96.6 Å². The van der Waals surface area contributed by atoms with E-state index in [1.54, 1.807) is 6.07 Å². The van der Waals surface area contributed by atoms with Crippen molar-refractivity contribution in [1.82, 2.24) is 4.98 Å². The lowest BCUT2D eigenvalue weighted by atomic mass is 9.80. The van der Waals surface area contributed by atoms with Gasteiger partial charge in [0, 0.05) is 10.9 Å². The van der Waals surface area contributed by atoms with Crippen LogP contribution in [-0.4, -0.2) is 29.2 Å². The number of hydrogen-bond donors (Lipinski definition) is 1. The summed E-state index contributed by atoms with van der Waals surface area (Å²) in [7, 11) is 0. The number of hydroxylamine groups is 2. The van der Waals surface area contributed by atoms with E-state index >= 15 is 0 Å². The predicted molar refractivity (Wildman–Crippen MR) is 157 cm³/mol. The van der Waals surface area contributed by atoms with Crippen molar-refractivity contribution in [3.8, 4) is 17.2 Å². The Morgan fingerprint density at radius 3 is 2.62 bits per heavy atom. The van der Waals surface area contributed by atoms with Crippen LogP contribution in [0, 0.1) is 25.0 Å². The third-order valence-electron chi connectivity index (χ3n) is 8.01. The summed E-state index contributed by atoms with van der Waals surface area (Å²) in [4.78, 5) is 18.4. The number of ether oxygens (including phenoxy) is 2. The van der Waals surface area contributed by atoms with Gasteiger partial charge in [-0.15, -0.1) is 0 Å². The van der Waals surface area contributed by atoms with Crippen LogP contribution in [-0.2, 0) is 4.74 Å². The minimum absolute atomic E-state index is 0.0963. The van der Waals surface area contributed by atoms with Gasteiger partial charge in [-0.2, -0.15) is 0 Å². The Morgan fingerprint density at radius 2 is 1.95 bits per heavy atom. The van der Waals surface area contributed by atoms with Gasteiger partial charge in [0.2, 0.25) is 0 Å². The van der Waals surface area contributed by atoms with Crippen LogP contribution in [0.1, 0.15) is 67.9 Å². The first-order valence-electron chi connectivity index (χ1n) is 14.0. The Kier molecular flexibility index (Phi) is 7.82. The highest BCUT2D eigenvalue weighted by Gasteiger charge is 2.33. The second-order valence-corrected chi connectivity index (χ2v) is 11.5. The molecule has 0 aliphatic heterocycles. The maximum atomic E-state index is 13.4. The molecule has 5 rings (SSSR count). The summed E-state index contributed by atoms with van der Waals surface area (Å²) in [6, 6.07) is 13.2. The van der Waals surface area contributed by atoms with E-state index in [1.807, 2.05) is 50.2 Å². The van der Waals surface area contributed by atoms with Crippen molar-refractivity contribution in [3.05, 3.63) is 77.1 Å². The molecule has 2 heterocycles. The molecule has 1 N–H and O–H groups in total. The van der Waals surface area contributed by atoms with Crippen molar-refractivity contribution >= 4 is 27.8 Å². The average Bonchev–Trinajstić information content (AvgIpc) is 3.28. The van der Waals surface area contributed by atoms with Crippen molar-refractivity contribution in [3.63, 3.8) is 0 Å². The number of para-hydroxylation sites is 1. The smallest absolute Gasteiger partial charge is 0.349 e. The predicted octanol–water partition coefficient (Wildman–Crippen LogP) is 6.68. The van der Waals surface area contributed by atoms with Crippen LogP contribution in [0.25, 0.3) is 33.3 Å². The van der Waals surface area contributed by atoms with E-state index in [9.17, 15) is 10.0 Å². The number of pyridine rings is 1. The van der Waals surface area contributed by atoms with Crippen LogP contribution in [0.4, 0.5) is 0 Å². The van der Waals surface area contributed by atoms with Crippen molar-refractivity contribution in [1.29, 1.82) is 0 Å². The van der Waals surface area contributed by atoms with E-state index in [-0.39, 0.29) is 17.3 Å². The minimum atomic E-state index is -0.677. The van der Waals surface area contributed by atoms with Crippen LogP contribution in [0.2, 0.25) is 0 Å². The van der Waals surface area contributed by atoms with Gasteiger partial charge in [-0.3, -0.25) is 5.06 Å². The molecule has 7 nitrogen and oxygen atoms in total. The summed E-state index contributed by atoms with van der Waals surface area (Å²) in [5.41, 5.74) is 3.79. The summed E-state index contributed by atoms with van der Waals surface area (Å²) in [6.45, 7) is 14.3. The van der Waals surface area contributed by atoms with Gasteiger partial charge in [0.25, 0.3) is 0 Å². The number of aromatic nitrogens is 1. The summed E-state index contributed by atoms with van der Waals surface area (Å²) in [5.74, 6) is 0.850. The molecule has 0 bridgehead atoms. The summed E-state index contributed by atoms with van der Waals surface area (Å²) >= 11 is 0. The summed E-state index contributed by atoms with van der Waals surface area (Å²) in [5, 5.41) is 13.4. The van der Waals surface area contributed by atoms with E-state index < -0.39 is 11.0 Å². The summed E-state index contributed by atoms with van der Waals surface area (Å²) < 4.78 is 18.7. The van der Waals surface area contributed by atoms with Gasteiger partial charge < -0.3 is 19.1 Å². The van der Waals surface area contributed by atoms with Crippen LogP contribution < -0.4 is 9.80 Å². The Morgan fingerprint density at radius 1 is 1.23 bits per heavy atom. The number of nitrogens with one attached hydrogen (secondary N) is 1. The number of carbonyl (C=O) groups is 1. The fourth-order valence-corrected chi connectivity index (χ4v) is 5.85. The van der Waals surface area contributed by atoms with Crippen LogP contribution in [0.3, 0.4) is 0 Å². The third kappa shape index (κ3) is 5.42. The number of furan rings is 1. The van der Waals surface area contributed by atoms with E-state index in [0.717, 1.165) is 54.0 Å². The zero-order chi connectivity index (χ0) is 28.6. The Bertz CT molecular complexity index is 1560. The number of hydrogen-bond acceptors (Lipinski definition) is 6. The first-order valence-corrected chi connectivity index (χ1v) is 14.0. The SMILES string of the molecule is C=C[NH+]([O-])C(=O)c1cc(-c2oc3ccccc3c2C)nc2c(C)ccc(OCC3CCC(C)(OC(C)C)CC3)c12. The van der Waals surface area contributed by atoms with Crippen molar-refractivity contribution in [2.24, 2.45) is 5.92 Å². The first kappa shape index (κ1) is 28.0. The Balaban J connectivity index is 1.53. The lowest BCUT2D eigenvalue weighted by Crippen LogP contribution is -3.05. The van der Waals surface area contributed by atoms with Gasteiger partial charge >= 0.3 is 5.91 Å². The highest BCUT2D eigenvalue weighted by molar-refractivity contribution is 6.07. The van der Waals surface area contributed by atoms with Gasteiger partial charge in [0.15, 0.2) is 5.76 Å². The number of fused-ring (bicyclic) bond motifs is 2. The van der Waals surface area contributed by atoms with Crippen LogP contribution in [0.15, 0.2) is 59.7 Å². The number of carbonyl (C=O) groups excluding carboxylic acids is 1. The first-order chi connectivity index (χ1) is 19.1. The lowest BCUT2D eigenvalue weighted by molar-refractivity contribution is -0.694. The fourth-order valence-electron chi connectivity index (χ4n) is 5.85. The molecule has 210 valence electrons. The molecule has 2 aromatic carbocycles. The second-order valence-electron chi connectivity index (χ2n) is 11.5. The molecule has 40 heavy (non-hydrogen) atoms. The third-order valence-corrected chi connectivity index (χ3v) is 8.01. The van der Waals surface area contributed by atoms with Crippen molar-refractivity contribution in [2.45, 2.75) is 72.0 Å². The second kappa shape index (κ2) is 11.2. The largest absolute Gasteiger partial charge is 0.621 e. The quantitative estimate of drug-likeness (QED) is 0.250. The fraction of sp³-hybridized carbons (Fsp3) is 0.394. The van der Waals surface area contributed by atoms with Crippen LogP contribution >= 0.6 is 0 Å².